The monoisotopic (exact) mass is 258 g/mol. The summed E-state index contributed by atoms with van der Waals surface area (Å²) in [4.78, 5) is 6.56. The minimum absolute atomic E-state index is 0.209. The van der Waals surface area contributed by atoms with Gasteiger partial charge in [0.2, 0.25) is 5.89 Å². The zero-order valence-electron chi connectivity index (χ0n) is 11.3. The Morgan fingerprint density at radius 3 is 3.05 bits per heavy atom. The Balaban J connectivity index is 1.89. The van der Waals surface area contributed by atoms with Crippen molar-refractivity contribution in [3.05, 3.63) is 41.5 Å². The maximum Gasteiger partial charge on any atom is 0.234 e. The van der Waals surface area contributed by atoms with Crippen molar-refractivity contribution < 1.29 is 4.52 Å². The first-order valence-electron chi connectivity index (χ1n) is 6.54. The van der Waals surface area contributed by atoms with Gasteiger partial charge in [-0.1, -0.05) is 23.4 Å². The molecule has 5 nitrogen and oxygen atoms in total. The van der Waals surface area contributed by atoms with Gasteiger partial charge >= 0.3 is 0 Å². The molecule has 2 heterocycles. The number of hydrogen-bond donors (Lipinski definition) is 1. The standard InChI is InChI=1S/C14H18N4O/c1-18(2)9-13-16-14(19-17-13)11-7-8-15-12-6-4-3-5-10(11)12/h3-6,11,15H,7-9H2,1-2H3. The highest BCUT2D eigenvalue weighted by Crippen LogP contribution is 2.35. The smallest absolute Gasteiger partial charge is 0.234 e. The minimum atomic E-state index is 0.209. The Hall–Kier alpha value is -1.88. The summed E-state index contributed by atoms with van der Waals surface area (Å²) in [5.41, 5.74) is 2.42. The summed E-state index contributed by atoms with van der Waals surface area (Å²) in [5, 5.41) is 7.46. The van der Waals surface area contributed by atoms with Gasteiger partial charge in [-0.25, -0.2) is 0 Å². The lowest BCUT2D eigenvalue weighted by atomic mass is 9.91. The number of rotatable bonds is 3. The number of nitrogens with one attached hydrogen (secondary N) is 1. The van der Waals surface area contributed by atoms with Crippen molar-refractivity contribution in [3.8, 4) is 0 Å². The normalized spacial score (nSPS) is 18.2. The van der Waals surface area contributed by atoms with E-state index in [2.05, 4.69) is 33.7 Å². The topological polar surface area (TPSA) is 54.2 Å². The molecule has 0 radical (unpaired) electrons. The van der Waals surface area contributed by atoms with Crippen LogP contribution in [0.25, 0.3) is 0 Å². The number of nitrogens with zero attached hydrogens (tertiary/aromatic N) is 3. The molecule has 1 N–H and O–H groups in total. The third-order valence-electron chi connectivity index (χ3n) is 3.32. The molecule has 1 aromatic carbocycles. The number of benzene rings is 1. The number of hydrogen-bond acceptors (Lipinski definition) is 5. The quantitative estimate of drug-likeness (QED) is 0.913. The van der Waals surface area contributed by atoms with Gasteiger partial charge in [-0.2, -0.15) is 4.98 Å². The fraction of sp³-hybridized carbons (Fsp3) is 0.429. The van der Waals surface area contributed by atoms with Crippen molar-refractivity contribution in [2.45, 2.75) is 18.9 Å². The molecule has 2 aromatic rings. The summed E-state index contributed by atoms with van der Waals surface area (Å²) in [6, 6.07) is 8.32. The zero-order valence-corrected chi connectivity index (χ0v) is 11.3. The summed E-state index contributed by atoms with van der Waals surface area (Å²) >= 11 is 0. The van der Waals surface area contributed by atoms with Crippen LogP contribution in [-0.4, -0.2) is 35.7 Å². The Kier molecular flexibility index (Phi) is 3.21. The van der Waals surface area contributed by atoms with E-state index in [1.54, 1.807) is 0 Å². The van der Waals surface area contributed by atoms with Crippen LogP contribution in [0.3, 0.4) is 0 Å². The van der Waals surface area contributed by atoms with E-state index < -0.39 is 0 Å². The molecule has 0 bridgehead atoms. The van der Waals surface area contributed by atoms with Crippen LogP contribution in [0.5, 0.6) is 0 Å². The molecule has 100 valence electrons. The lowest BCUT2D eigenvalue weighted by molar-refractivity contribution is 0.340. The first-order valence-corrected chi connectivity index (χ1v) is 6.54. The molecular formula is C14H18N4O. The second-order valence-electron chi connectivity index (χ2n) is 5.14. The van der Waals surface area contributed by atoms with Crippen molar-refractivity contribution in [2.24, 2.45) is 0 Å². The summed E-state index contributed by atoms with van der Waals surface area (Å²) in [6.45, 7) is 1.64. The SMILES string of the molecule is CN(C)Cc1noc(C2CCNc3ccccc32)n1. The van der Waals surface area contributed by atoms with Crippen LogP contribution in [0.4, 0.5) is 5.69 Å². The van der Waals surface area contributed by atoms with Crippen LogP contribution in [0.1, 0.15) is 29.6 Å². The summed E-state index contributed by atoms with van der Waals surface area (Å²) in [7, 11) is 3.99. The van der Waals surface area contributed by atoms with Crippen molar-refractivity contribution >= 4 is 5.69 Å². The van der Waals surface area contributed by atoms with Crippen molar-refractivity contribution in [1.29, 1.82) is 0 Å². The van der Waals surface area contributed by atoms with Gasteiger partial charge in [-0.05, 0) is 32.1 Å². The first kappa shape index (κ1) is 12.2. The molecule has 0 amide bonds. The maximum absolute atomic E-state index is 5.45. The molecule has 1 aliphatic rings. The van der Waals surface area contributed by atoms with Gasteiger partial charge in [0.15, 0.2) is 5.82 Å². The van der Waals surface area contributed by atoms with Crippen LogP contribution in [0.15, 0.2) is 28.8 Å². The largest absolute Gasteiger partial charge is 0.385 e. The van der Waals surface area contributed by atoms with Gasteiger partial charge in [0, 0.05) is 12.2 Å². The molecule has 1 atom stereocenters. The van der Waals surface area contributed by atoms with Crippen LogP contribution >= 0.6 is 0 Å². The number of fused-ring (bicyclic) bond motifs is 1. The molecule has 0 saturated carbocycles. The highest BCUT2D eigenvalue weighted by atomic mass is 16.5. The molecule has 3 rings (SSSR count). The summed E-state index contributed by atoms with van der Waals surface area (Å²) in [6.07, 6.45) is 0.987. The second kappa shape index (κ2) is 5.01. The molecule has 1 unspecified atom stereocenters. The minimum Gasteiger partial charge on any atom is -0.385 e. The van der Waals surface area contributed by atoms with E-state index in [-0.39, 0.29) is 5.92 Å². The van der Waals surface area contributed by atoms with Gasteiger partial charge in [0.05, 0.1) is 12.5 Å². The van der Waals surface area contributed by atoms with E-state index in [0.717, 1.165) is 24.7 Å². The average Bonchev–Trinajstić information content (AvgIpc) is 2.85. The third-order valence-corrected chi connectivity index (χ3v) is 3.32. The van der Waals surface area contributed by atoms with Crippen LogP contribution < -0.4 is 5.32 Å². The van der Waals surface area contributed by atoms with Crippen molar-refractivity contribution in [3.63, 3.8) is 0 Å². The van der Waals surface area contributed by atoms with Gasteiger partial charge < -0.3 is 14.7 Å². The molecule has 19 heavy (non-hydrogen) atoms. The Morgan fingerprint density at radius 2 is 2.21 bits per heavy atom. The van der Waals surface area contributed by atoms with E-state index in [4.69, 9.17) is 4.52 Å². The number of para-hydroxylation sites is 1. The molecule has 0 saturated heterocycles. The molecule has 0 spiro atoms. The summed E-state index contributed by atoms with van der Waals surface area (Å²) < 4.78 is 5.45. The Bertz CT molecular complexity index is 564. The van der Waals surface area contributed by atoms with Gasteiger partial charge in [0.25, 0.3) is 0 Å². The highest BCUT2D eigenvalue weighted by Gasteiger charge is 2.26. The average molecular weight is 258 g/mol. The molecule has 1 aromatic heterocycles. The Labute approximate surface area is 112 Å². The highest BCUT2D eigenvalue weighted by molar-refractivity contribution is 5.56. The van der Waals surface area contributed by atoms with E-state index >= 15 is 0 Å². The maximum atomic E-state index is 5.45. The van der Waals surface area contributed by atoms with Crippen molar-refractivity contribution in [1.82, 2.24) is 15.0 Å². The Morgan fingerprint density at radius 1 is 1.37 bits per heavy atom. The van der Waals surface area contributed by atoms with E-state index in [9.17, 15) is 0 Å². The molecular weight excluding hydrogens is 240 g/mol. The summed E-state index contributed by atoms with van der Waals surface area (Å²) in [5.74, 6) is 1.68. The van der Waals surface area contributed by atoms with E-state index in [1.807, 2.05) is 25.1 Å². The first-order chi connectivity index (χ1) is 9.24. The van der Waals surface area contributed by atoms with E-state index in [0.29, 0.717) is 6.54 Å². The zero-order chi connectivity index (χ0) is 13.2. The molecule has 0 fully saturated rings. The van der Waals surface area contributed by atoms with Crippen LogP contribution in [0.2, 0.25) is 0 Å². The predicted molar refractivity (Wildman–Crippen MR) is 73.1 cm³/mol. The fourth-order valence-electron chi connectivity index (χ4n) is 2.48. The van der Waals surface area contributed by atoms with Gasteiger partial charge in [0.1, 0.15) is 0 Å². The fourth-order valence-corrected chi connectivity index (χ4v) is 2.48. The molecule has 1 aliphatic heterocycles. The van der Waals surface area contributed by atoms with Crippen LogP contribution in [0, 0.1) is 0 Å². The number of aromatic nitrogens is 2. The molecule has 0 aliphatic carbocycles. The van der Waals surface area contributed by atoms with Crippen molar-refractivity contribution in [2.75, 3.05) is 26.0 Å². The van der Waals surface area contributed by atoms with E-state index in [1.165, 1.54) is 11.3 Å². The lowest BCUT2D eigenvalue weighted by Gasteiger charge is -2.23. The lowest BCUT2D eigenvalue weighted by Crippen LogP contribution is -2.18. The number of anilines is 1. The van der Waals surface area contributed by atoms with Gasteiger partial charge in [-0.15, -0.1) is 0 Å². The van der Waals surface area contributed by atoms with Crippen LogP contribution in [-0.2, 0) is 6.54 Å². The predicted octanol–water partition coefficient (Wildman–Crippen LogP) is 2.08. The molecule has 5 heteroatoms. The third kappa shape index (κ3) is 2.46. The van der Waals surface area contributed by atoms with Gasteiger partial charge in [-0.3, -0.25) is 0 Å². The second-order valence-corrected chi connectivity index (χ2v) is 5.14.